The van der Waals surface area contributed by atoms with Gasteiger partial charge in [-0.1, -0.05) is 44.7 Å². The Morgan fingerprint density at radius 1 is 0.822 bits per heavy atom. The quantitative estimate of drug-likeness (QED) is 0.0977. The summed E-state index contributed by atoms with van der Waals surface area (Å²) in [6.07, 6.45) is 7.67. The Hall–Kier alpha value is -4.16. The largest absolute Gasteiger partial charge is 0.497 e. The van der Waals surface area contributed by atoms with E-state index in [1.54, 1.807) is 31.4 Å². The van der Waals surface area contributed by atoms with Crippen LogP contribution >= 0.6 is 0 Å². The smallest absolute Gasteiger partial charge is 0.333 e. The van der Waals surface area contributed by atoms with Gasteiger partial charge < -0.3 is 30.3 Å². The number of benzene rings is 1. The molecule has 0 bridgehead atoms. The van der Waals surface area contributed by atoms with Gasteiger partial charge in [-0.05, 0) is 56.2 Å². The lowest BCUT2D eigenvalue weighted by Crippen LogP contribution is -2.46. The van der Waals surface area contributed by atoms with Crippen molar-refractivity contribution in [2.45, 2.75) is 109 Å². The Morgan fingerprint density at radius 2 is 1.47 bits per heavy atom. The number of urea groups is 1. The Kier molecular flexibility index (Phi) is 17.7. The van der Waals surface area contributed by atoms with E-state index in [1.807, 2.05) is 0 Å². The van der Waals surface area contributed by atoms with Crippen molar-refractivity contribution < 1.29 is 43.1 Å². The van der Waals surface area contributed by atoms with Crippen molar-refractivity contribution in [3.8, 4) is 5.75 Å². The number of nitrogens with one attached hydrogen (secondary N) is 3. The summed E-state index contributed by atoms with van der Waals surface area (Å²) in [6.45, 7) is 3.11. The molecule has 1 atom stereocenters. The monoisotopic (exact) mass is 632 g/mol. The lowest BCUT2D eigenvalue weighted by Gasteiger charge is -2.18. The molecule has 1 saturated heterocycles. The van der Waals surface area contributed by atoms with Gasteiger partial charge in [-0.3, -0.25) is 14.4 Å². The predicted octanol–water partition coefficient (Wildman–Crippen LogP) is 3.83. The van der Waals surface area contributed by atoms with Crippen LogP contribution in [0.15, 0.2) is 24.3 Å². The molecule has 1 aromatic rings. The molecule has 1 aliphatic heterocycles. The highest BCUT2D eigenvalue weighted by atomic mass is 16.7. The van der Waals surface area contributed by atoms with E-state index >= 15 is 0 Å². The van der Waals surface area contributed by atoms with Gasteiger partial charge in [0.15, 0.2) is 0 Å². The molecule has 1 aromatic carbocycles. The molecule has 0 aliphatic carbocycles. The third kappa shape index (κ3) is 15.4. The molecule has 1 unspecified atom stereocenters. The van der Waals surface area contributed by atoms with E-state index in [9.17, 15) is 28.8 Å². The Bertz CT molecular complexity index is 1090. The van der Waals surface area contributed by atoms with Crippen LogP contribution in [-0.2, 0) is 40.2 Å². The molecule has 250 valence electrons. The molecule has 5 amide bonds. The van der Waals surface area contributed by atoms with Crippen LogP contribution in [0.2, 0.25) is 0 Å². The van der Waals surface area contributed by atoms with Crippen LogP contribution in [0.4, 0.5) is 4.79 Å². The highest BCUT2D eigenvalue weighted by molar-refractivity contribution is 6.01. The van der Waals surface area contributed by atoms with Crippen LogP contribution < -0.4 is 20.7 Å². The van der Waals surface area contributed by atoms with Crippen molar-refractivity contribution >= 4 is 35.7 Å². The van der Waals surface area contributed by atoms with Gasteiger partial charge in [0.05, 0.1) is 7.11 Å². The van der Waals surface area contributed by atoms with Gasteiger partial charge in [0.25, 0.3) is 11.8 Å². The third-order valence-corrected chi connectivity index (χ3v) is 7.17. The van der Waals surface area contributed by atoms with Crippen molar-refractivity contribution in [3.05, 3.63) is 29.8 Å². The molecule has 13 heteroatoms. The number of esters is 1. The van der Waals surface area contributed by atoms with Gasteiger partial charge in [-0.2, -0.15) is 0 Å². The summed E-state index contributed by atoms with van der Waals surface area (Å²) in [5.41, 5.74) is 0.796. The molecule has 13 nitrogen and oxygen atoms in total. The third-order valence-electron chi connectivity index (χ3n) is 7.17. The van der Waals surface area contributed by atoms with Crippen molar-refractivity contribution in [3.63, 3.8) is 0 Å². The number of carbonyl (C=O) groups is 6. The van der Waals surface area contributed by atoms with Crippen LogP contribution in [0, 0.1) is 0 Å². The van der Waals surface area contributed by atoms with Gasteiger partial charge in [0.1, 0.15) is 18.4 Å². The SMILES string of the molecule is CCCCCNC(=O)NC(CCCCNC(=O)CCCCCCC(=O)ON1C(=O)CCC1=O)C(=O)OCc1ccc(OC)cc1. The van der Waals surface area contributed by atoms with E-state index < -0.39 is 35.8 Å². The van der Waals surface area contributed by atoms with E-state index in [4.69, 9.17) is 14.3 Å². The number of hydroxylamine groups is 2. The van der Waals surface area contributed by atoms with E-state index in [0.29, 0.717) is 68.8 Å². The lowest BCUT2D eigenvalue weighted by atomic mass is 10.1. The number of unbranched alkanes of at least 4 members (excludes halogenated alkanes) is 6. The van der Waals surface area contributed by atoms with Crippen molar-refractivity contribution in [1.82, 2.24) is 21.0 Å². The average molecular weight is 633 g/mol. The molecule has 0 spiro atoms. The van der Waals surface area contributed by atoms with E-state index in [1.165, 1.54) is 0 Å². The fourth-order valence-corrected chi connectivity index (χ4v) is 4.52. The molecular formula is C32H48N4O9. The Morgan fingerprint density at radius 3 is 2.13 bits per heavy atom. The standard InChI is InChI=1S/C32H48N4O9/c1-3-4-10-22-34-32(42)35-26(31(41)44-23-24-15-17-25(43-2)18-16-24)12-9-11-21-33-27(37)13-7-5-6-8-14-30(40)45-36-28(38)19-20-29(36)39/h15-18,26H,3-14,19-23H2,1-2H3,(H,33,37)(H2,34,35,42). The van der Waals surface area contributed by atoms with E-state index in [0.717, 1.165) is 31.2 Å². The minimum Gasteiger partial charge on any atom is -0.497 e. The highest BCUT2D eigenvalue weighted by Crippen LogP contribution is 2.15. The first-order valence-corrected chi connectivity index (χ1v) is 15.9. The van der Waals surface area contributed by atoms with Crippen LogP contribution in [0.1, 0.15) is 102 Å². The fourth-order valence-electron chi connectivity index (χ4n) is 4.52. The fraction of sp³-hybridized carbons (Fsp3) is 0.625. The average Bonchev–Trinajstić information content (AvgIpc) is 3.35. The van der Waals surface area contributed by atoms with Crippen LogP contribution in [0.25, 0.3) is 0 Å². The summed E-state index contributed by atoms with van der Waals surface area (Å²) in [5, 5.41) is 8.93. The zero-order valence-corrected chi connectivity index (χ0v) is 26.5. The van der Waals surface area contributed by atoms with E-state index in [-0.39, 0.29) is 31.8 Å². The molecule has 0 aromatic heterocycles. The maximum atomic E-state index is 12.8. The van der Waals surface area contributed by atoms with Crippen LogP contribution in [-0.4, -0.2) is 67.0 Å². The molecule has 1 aliphatic rings. The zero-order valence-electron chi connectivity index (χ0n) is 26.5. The van der Waals surface area contributed by atoms with Crippen molar-refractivity contribution in [2.75, 3.05) is 20.2 Å². The Balaban J connectivity index is 1.62. The summed E-state index contributed by atoms with van der Waals surface area (Å²) in [5.74, 6) is -1.53. The van der Waals surface area contributed by atoms with E-state index in [2.05, 4.69) is 22.9 Å². The molecule has 0 saturated carbocycles. The Labute approximate surface area is 265 Å². The first kappa shape index (κ1) is 37.0. The summed E-state index contributed by atoms with van der Waals surface area (Å²) >= 11 is 0. The summed E-state index contributed by atoms with van der Waals surface area (Å²) in [7, 11) is 1.57. The molecule has 1 fully saturated rings. The number of hydrogen-bond acceptors (Lipinski definition) is 9. The number of imide groups is 1. The molecule has 45 heavy (non-hydrogen) atoms. The molecular weight excluding hydrogens is 584 g/mol. The minimum absolute atomic E-state index is 0.0601. The van der Waals surface area contributed by atoms with Gasteiger partial charge in [0.2, 0.25) is 5.91 Å². The van der Waals surface area contributed by atoms with Crippen LogP contribution in [0.5, 0.6) is 5.75 Å². The number of nitrogens with zero attached hydrogens (tertiary/aromatic N) is 1. The second kappa shape index (κ2) is 21.5. The topological polar surface area (TPSA) is 169 Å². The first-order chi connectivity index (χ1) is 21.7. The second-order valence-electron chi connectivity index (χ2n) is 10.9. The first-order valence-electron chi connectivity index (χ1n) is 15.9. The maximum Gasteiger partial charge on any atom is 0.333 e. The van der Waals surface area contributed by atoms with Gasteiger partial charge in [-0.25, -0.2) is 14.4 Å². The van der Waals surface area contributed by atoms with Crippen molar-refractivity contribution in [2.24, 2.45) is 0 Å². The molecule has 3 N–H and O–H groups in total. The predicted molar refractivity (Wildman–Crippen MR) is 164 cm³/mol. The molecule has 2 rings (SSSR count). The van der Waals surface area contributed by atoms with Crippen LogP contribution in [0.3, 0.4) is 0 Å². The van der Waals surface area contributed by atoms with Gasteiger partial charge in [0, 0.05) is 38.8 Å². The zero-order chi connectivity index (χ0) is 32.9. The highest BCUT2D eigenvalue weighted by Gasteiger charge is 2.32. The number of ether oxygens (including phenoxy) is 2. The summed E-state index contributed by atoms with van der Waals surface area (Å²) < 4.78 is 10.6. The molecule has 1 heterocycles. The number of hydrogen-bond donors (Lipinski definition) is 3. The molecule has 0 radical (unpaired) electrons. The number of carbonyl (C=O) groups excluding carboxylic acids is 6. The lowest BCUT2D eigenvalue weighted by molar-refractivity contribution is -0.197. The van der Waals surface area contributed by atoms with Crippen molar-refractivity contribution in [1.29, 1.82) is 0 Å². The minimum atomic E-state index is -0.821. The van der Waals surface area contributed by atoms with Gasteiger partial charge in [-0.15, -0.1) is 5.06 Å². The summed E-state index contributed by atoms with van der Waals surface area (Å²) in [6, 6.07) is 5.93. The van der Waals surface area contributed by atoms with Gasteiger partial charge >= 0.3 is 18.0 Å². The maximum absolute atomic E-state index is 12.8. The second-order valence-corrected chi connectivity index (χ2v) is 10.9. The number of methoxy groups -OCH3 is 1. The number of amides is 5. The number of rotatable bonds is 22. The normalized spacial score (nSPS) is 13.2. The summed E-state index contributed by atoms with van der Waals surface area (Å²) in [4.78, 5) is 77.1.